The van der Waals surface area contributed by atoms with Gasteiger partial charge in [-0.2, -0.15) is 4.31 Å². The Hall–Kier alpha value is -3.59. The van der Waals surface area contributed by atoms with Crippen molar-refractivity contribution in [3.05, 3.63) is 58.9 Å². The van der Waals surface area contributed by atoms with Gasteiger partial charge in [-0.05, 0) is 74.4 Å². The molecule has 0 unspecified atom stereocenters. The minimum absolute atomic E-state index is 0.00916. The number of sulfonamides is 1. The number of rotatable bonds is 6. The van der Waals surface area contributed by atoms with Crippen LogP contribution in [0.1, 0.15) is 78.7 Å². The fraction of sp³-hybridized carbons (Fsp3) is 0.571. The van der Waals surface area contributed by atoms with E-state index < -0.39 is 39.8 Å². The van der Waals surface area contributed by atoms with Crippen LogP contribution in [0.5, 0.6) is 11.5 Å². The van der Waals surface area contributed by atoms with Crippen molar-refractivity contribution in [2.24, 2.45) is 0 Å². The normalized spacial score (nSPS) is 23.3. The van der Waals surface area contributed by atoms with Crippen molar-refractivity contribution < 1.29 is 41.4 Å². The number of piperidine rings is 1. The molecule has 4 aliphatic rings. The summed E-state index contributed by atoms with van der Waals surface area (Å²) < 4.78 is 60.3. The molecular formula is C35H45FN4O8S. The molecule has 0 saturated carbocycles. The van der Waals surface area contributed by atoms with E-state index in [0.717, 1.165) is 32.3 Å². The van der Waals surface area contributed by atoms with Gasteiger partial charge in [-0.3, -0.25) is 14.4 Å². The Kier molecular flexibility index (Phi) is 10.6. The number of amides is 3. The number of fused-ring (bicyclic) bond motifs is 5. The molecule has 3 saturated heterocycles. The van der Waals surface area contributed by atoms with E-state index in [1.165, 1.54) is 33.5 Å². The molecule has 4 bridgehead atoms. The molecule has 49 heavy (non-hydrogen) atoms. The fourth-order valence-electron chi connectivity index (χ4n) is 7.25. The number of likely N-dealkylation sites (tertiary alicyclic amines) is 1. The SMILES string of the molecule is CCCN1CC(=O)N[C@@H]2CN(S(=O)(=O)CCC)C[C@H]2OCc2cc(F)cc(c2)Oc2cc(C(=O)N3CCC4(CCCO4)CC3)cc(c2)C1=O. The number of carbonyl (C=O) groups is 3. The summed E-state index contributed by atoms with van der Waals surface area (Å²) in [5.74, 6) is -1.54. The maximum atomic E-state index is 14.9. The van der Waals surface area contributed by atoms with Crippen LogP contribution in [0.15, 0.2) is 36.4 Å². The molecule has 1 spiro atoms. The highest BCUT2D eigenvalue weighted by Gasteiger charge is 2.41. The third-order valence-electron chi connectivity index (χ3n) is 9.73. The van der Waals surface area contributed by atoms with Crippen molar-refractivity contribution in [1.29, 1.82) is 0 Å². The van der Waals surface area contributed by atoms with Gasteiger partial charge in [0.2, 0.25) is 15.9 Å². The van der Waals surface area contributed by atoms with Crippen molar-refractivity contribution in [2.75, 3.05) is 51.6 Å². The number of ether oxygens (including phenoxy) is 3. The average Bonchev–Trinajstić information content (AvgIpc) is 3.70. The largest absolute Gasteiger partial charge is 0.457 e. The van der Waals surface area contributed by atoms with E-state index in [1.807, 2.05) is 6.92 Å². The van der Waals surface area contributed by atoms with E-state index in [0.29, 0.717) is 31.5 Å². The summed E-state index contributed by atoms with van der Waals surface area (Å²) >= 11 is 0. The first-order valence-electron chi connectivity index (χ1n) is 17.2. The molecule has 0 radical (unpaired) electrons. The number of benzene rings is 2. The molecule has 2 aromatic carbocycles. The lowest BCUT2D eigenvalue weighted by Gasteiger charge is -2.38. The first kappa shape index (κ1) is 35.2. The highest BCUT2D eigenvalue weighted by Crippen LogP contribution is 2.36. The second-order valence-electron chi connectivity index (χ2n) is 13.5. The standard InChI is InChI=1S/C35H45FN4O8S/c1-3-9-39-22-32(41)37-30-20-40(49(44,45)13-4-2)21-31(30)46-23-24-14-27(36)19-28(15-24)48-29-17-25(16-26(18-29)34(39)43)33(42)38-10-7-35(8-11-38)6-5-12-47-35/h14-19,30-31H,3-13,20-23H2,1-2H3,(H,37,41)/t30-,31-/m1/s1. The molecule has 12 nitrogen and oxygen atoms in total. The van der Waals surface area contributed by atoms with Gasteiger partial charge in [-0.15, -0.1) is 0 Å². The minimum Gasteiger partial charge on any atom is -0.457 e. The smallest absolute Gasteiger partial charge is 0.254 e. The Balaban J connectivity index is 1.32. The second-order valence-corrected chi connectivity index (χ2v) is 15.5. The van der Waals surface area contributed by atoms with E-state index in [1.54, 1.807) is 24.0 Å². The van der Waals surface area contributed by atoms with Crippen molar-refractivity contribution in [3.8, 4) is 11.5 Å². The summed E-state index contributed by atoms with van der Waals surface area (Å²) in [6.45, 7) is 5.35. The van der Waals surface area contributed by atoms with Crippen molar-refractivity contribution >= 4 is 27.7 Å². The van der Waals surface area contributed by atoms with Crippen LogP contribution in [0, 0.1) is 5.82 Å². The molecule has 0 aromatic heterocycles. The molecule has 3 fully saturated rings. The van der Waals surface area contributed by atoms with Crippen molar-refractivity contribution in [1.82, 2.24) is 19.4 Å². The molecule has 14 heteroatoms. The van der Waals surface area contributed by atoms with Gasteiger partial charge in [0, 0.05) is 56.5 Å². The molecule has 4 heterocycles. The molecule has 0 aliphatic carbocycles. The number of hydrogen-bond donors (Lipinski definition) is 1. The molecule has 266 valence electrons. The fourth-order valence-corrected chi connectivity index (χ4v) is 8.78. The van der Waals surface area contributed by atoms with Crippen LogP contribution in [-0.2, 0) is 30.9 Å². The molecule has 3 amide bonds. The predicted molar refractivity (Wildman–Crippen MR) is 178 cm³/mol. The quantitative estimate of drug-likeness (QED) is 0.483. The summed E-state index contributed by atoms with van der Waals surface area (Å²) in [5, 5.41) is 2.90. The molecule has 2 aromatic rings. The summed E-state index contributed by atoms with van der Waals surface area (Å²) in [5.41, 5.74) is 0.646. The van der Waals surface area contributed by atoms with Gasteiger partial charge < -0.3 is 29.3 Å². The Bertz CT molecular complexity index is 1670. The maximum Gasteiger partial charge on any atom is 0.254 e. The Morgan fingerprint density at radius 3 is 2.49 bits per heavy atom. The summed E-state index contributed by atoms with van der Waals surface area (Å²) in [7, 11) is -3.59. The molecule has 2 atom stereocenters. The van der Waals surface area contributed by atoms with Crippen molar-refractivity contribution in [2.45, 2.75) is 76.7 Å². The van der Waals surface area contributed by atoms with E-state index in [9.17, 15) is 27.2 Å². The third-order valence-corrected chi connectivity index (χ3v) is 11.7. The van der Waals surface area contributed by atoms with E-state index in [2.05, 4.69) is 5.32 Å². The second kappa shape index (κ2) is 14.7. The lowest BCUT2D eigenvalue weighted by Crippen LogP contribution is -2.49. The van der Waals surface area contributed by atoms with Crippen LogP contribution in [0.25, 0.3) is 0 Å². The van der Waals surface area contributed by atoms with Gasteiger partial charge in [-0.1, -0.05) is 13.8 Å². The summed E-state index contributed by atoms with van der Waals surface area (Å²) in [6, 6.07) is 7.95. The van der Waals surface area contributed by atoms with E-state index in [-0.39, 0.29) is 72.7 Å². The first-order valence-corrected chi connectivity index (χ1v) is 18.8. The molecular weight excluding hydrogens is 655 g/mol. The molecule has 1 N–H and O–H groups in total. The topological polar surface area (TPSA) is 135 Å². The van der Waals surface area contributed by atoms with Crippen LogP contribution in [-0.4, -0.2) is 110 Å². The highest BCUT2D eigenvalue weighted by atomic mass is 32.2. The Morgan fingerprint density at radius 1 is 1.00 bits per heavy atom. The number of hydrogen-bond acceptors (Lipinski definition) is 8. The lowest BCUT2D eigenvalue weighted by molar-refractivity contribution is -0.123. The van der Waals surface area contributed by atoms with Crippen LogP contribution in [0.3, 0.4) is 0 Å². The first-order chi connectivity index (χ1) is 23.5. The van der Waals surface area contributed by atoms with Crippen LogP contribution in [0.2, 0.25) is 0 Å². The number of nitrogens with one attached hydrogen (secondary N) is 1. The molecule has 4 aliphatic heterocycles. The maximum absolute atomic E-state index is 14.9. The number of halogens is 1. The van der Waals surface area contributed by atoms with Crippen molar-refractivity contribution in [3.63, 3.8) is 0 Å². The summed E-state index contributed by atoms with van der Waals surface area (Å²) in [4.78, 5) is 44.5. The van der Waals surface area contributed by atoms with Gasteiger partial charge in [0.15, 0.2) is 0 Å². The van der Waals surface area contributed by atoms with Crippen LogP contribution in [0.4, 0.5) is 4.39 Å². The zero-order valence-corrected chi connectivity index (χ0v) is 28.9. The monoisotopic (exact) mass is 700 g/mol. The van der Waals surface area contributed by atoms with Crippen LogP contribution < -0.4 is 10.1 Å². The van der Waals surface area contributed by atoms with E-state index in [4.69, 9.17) is 14.2 Å². The molecule has 6 rings (SSSR count). The van der Waals surface area contributed by atoms with Gasteiger partial charge >= 0.3 is 0 Å². The predicted octanol–water partition coefficient (Wildman–Crippen LogP) is 3.69. The zero-order chi connectivity index (χ0) is 34.8. The van der Waals surface area contributed by atoms with Gasteiger partial charge in [0.05, 0.1) is 36.7 Å². The highest BCUT2D eigenvalue weighted by molar-refractivity contribution is 7.89. The lowest BCUT2D eigenvalue weighted by atomic mass is 9.88. The Morgan fingerprint density at radius 2 is 1.78 bits per heavy atom. The summed E-state index contributed by atoms with van der Waals surface area (Å²) in [6.07, 6.45) is 3.75. The third kappa shape index (κ3) is 8.08. The average molecular weight is 701 g/mol. The van der Waals surface area contributed by atoms with Gasteiger partial charge in [-0.25, -0.2) is 12.8 Å². The zero-order valence-electron chi connectivity index (χ0n) is 28.1. The minimum atomic E-state index is -3.59. The van der Waals surface area contributed by atoms with Gasteiger partial charge in [0.1, 0.15) is 17.3 Å². The Labute approximate surface area is 286 Å². The number of nitrogens with zero attached hydrogens (tertiary/aromatic N) is 3. The van der Waals surface area contributed by atoms with Crippen LogP contribution >= 0.6 is 0 Å². The van der Waals surface area contributed by atoms with Gasteiger partial charge in [0.25, 0.3) is 11.8 Å². The van der Waals surface area contributed by atoms with E-state index >= 15 is 0 Å². The number of carbonyl (C=O) groups excluding carboxylic acids is 3.